The Morgan fingerprint density at radius 1 is 0.883 bits per heavy atom. The monoisotopic (exact) mass is 845 g/mol. The molecule has 0 saturated heterocycles. The van der Waals surface area contributed by atoms with Gasteiger partial charge in [0.25, 0.3) is 5.95 Å². The fourth-order valence-corrected chi connectivity index (χ4v) is 6.63. The molecule has 3 aromatic carbocycles. The first-order chi connectivity index (χ1) is 28.1. The van der Waals surface area contributed by atoms with Crippen LogP contribution in [0.25, 0.3) is 16.8 Å². The quantitative estimate of drug-likeness (QED) is 0.0855. The third-order valence-electron chi connectivity index (χ3n) is 9.18. The van der Waals surface area contributed by atoms with Crippen LogP contribution >= 0.6 is 0 Å². The lowest BCUT2D eigenvalue weighted by Gasteiger charge is -2.26. The van der Waals surface area contributed by atoms with Gasteiger partial charge in [-0.15, -0.1) is 5.10 Å². The fraction of sp³-hybridized carbons (Fsp3) is 0.349. The smallest absolute Gasteiger partial charge is 0.424 e. The van der Waals surface area contributed by atoms with E-state index >= 15 is 0 Å². The average molecular weight is 846 g/mol. The molecule has 0 fully saturated rings. The van der Waals surface area contributed by atoms with E-state index in [1.54, 1.807) is 72.0 Å². The number of halogens is 1. The highest BCUT2D eigenvalue weighted by molar-refractivity contribution is 7.90. The van der Waals surface area contributed by atoms with Crippen molar-refractivity contribution < 1.29 is 50.9 Å². The Kier molecular flexibility index (Phi) is 13.6. The van der Waals surface area contributed by atoms with Crippen LogP contribution in [0, 0.1) is 11.7 Å². The number of nitrogens with one attached hydrogen (secondary N) is 1. The highest BCUT2D eigenvalue weighted by Crippen LogP contribution is 2.36. The van der Waals surface area contributed by atoms with E-state index in [-0.39, 0.29) is 40.3 Å². The molecule has 0 spiro atoms. The van der Waals surface area contributed by atoms with Crippen LogP contribution in [0.4, 0.5) is 25.6 Å². The van der Waals surface area contributed by atoms with E-state index in [1.807, 2.05) is 24.3 Å². The van der Waals surface area contributed by atoms with Gasteiger partial charge >= 0.3 is 18.2 Å². The van der Waals surface area contributed by atoms with Crippen molar-refractivity contribution in [2.45, 2.75) is 83.6 Å². The van der Waals surface area contributed by atoms with Gasteiger partial charge < -0.3 is 24.3 Å². The van der Waals surface area contributed by atoms with Crippen LogP contribution in [-0.2, 0) is 40.1 Å². The summed E-state index contributed by atoms with van der Waals surface area (Å²) in [5, 5.41) is 7.05. The number of nitrogens with zero attached hydrogens (tertiary/aromatic N) is 4. The second-order valence-corrected chi connectivity index (χ2v) is 17.5. The summed E-state index contributed by atoms with van der Waals surface area (Å²) in [6, 6.07) is 19.5. The summed E-state index contributed by atoms with van der Waals surface area (Å²) in [5.41, 5.74) is 2.56. The first kappa shape index (κ1) is 44.7. The van der Waals surface area contributed by atoms with E-state index < -0.39 is 57.8 Å². The topological polar surface area (TPSA) is 185 Å². The number of Topliss-reactive ketones (excluding diaryl/α,β-unsaturated/α-hetero) is 1. The van der Waals surface area contributed by atoms with Gasteiger partial charge in [-0.3, -0.25) is 4.79 Å². The Morgan fingerprint density at radius 2 is 1.53 bits per heavy atom. The SMILES string of the molecule is COc1cc(S(C)(=O)=O)ccc1N(C(=O)OC(C)OC(=O)[C@@H](NC(=O)OC(C)(C)C)C(C)C)c1nc2ccc(-c3ccc(CC(=O)[C@H](C)c4ccc(F)cc4)cc3)cn2n1. The Balaban J connectivity index is 1.41. The van der Waals surface area contributed by atoms with Crippen molar-refractivity contribution in [1.82, 2.24) is 19.9 Å². The van der Waals surface area contributed by atoms with Crippen LogP contribution in [0.2, 0.25) is 0 Å². The Hall–Kier alpha value is -6.36. The van der Waals surface area contributed by atoms with Gasteiger partial charge in [0, 0.05) is 43.3 Å². The normalized spacial score (nSPS) is 13.2. The second kappa shape index (κ2) is 18.3. The summed E-state index contributed by atoms with van der Waals surface area (Å²) in [5.74, 6) is -2.35. The van der Waals surface area contributed by atoms with Gasteiger partial charge in [-0.05, 0) is 79.8 Å². The number of carbonyl (C=O) groups is 4. The highest BCUT2D eigenvalue weighted by Gasteiger charge is 2.33. The molecule has 0 aliphatic heterocycles. The van der Waals surface area contributed by atoms with Crippen molar-refractivity contribution >= 4 is 51.1 Å². The zero-order chi connectivity index (χ0) is 44.1. The van der Waals surface area contributed by atoms with E-state index in [0.717, 1.165) is 33.4 Å². The number of pyridine rings is 1. The molecule has 2 aromatic heterocycles. The lowest BCUT2D eigenvalue weighted by atomic mass is 9.92. The molecule has 2 amide bonds. The number of methoxy groups -OCH3 is 1. The molecule has 5 rings (SSSR count). The number of carbonyl (C=O) groups excluding carboxylic acids is 4. The zero-order valence-electron chi connectivity index (χ0n) is 34.8. The molecular weight excluding hydrogens is 798 g/mol. The maximum atomic E-state index is 14.1. The summed E-state index contributed by atoms with van der Waals surface area (Å²) in [4.78, 5) is 58.2. The average Bonchev–Trinajstić information content (AvgIpc) is 3.59. The predicted molar refractivity (Wildman–Crippen MR) is 220 cm³/mol. The molecule has 318 valence electrons. The minimum Gasteiger partial charge on any atom is -0.495 e. The van der Waals surface area contributed by atoms with Crippen molar-refractivity contribution in [3.05, 3.63) is 102 Å². The van der Waals surface area contributed by atoms with E-state index in [0.29, 0.717) is 5.65 Å². The summed E-state index contributed by atoms with van der Waals surface area (Å²) < 4.78 is 61.4. The first-order valence-corrected chi connectivity index (χ1v) is 20.9. The number of anilines is 2. The first-order valence-electron chi connectivity index (χ1n) is 19.0. The number of aromatic nitrogens is 3. The summed E-state index contributed by atoms with van der Waals surface area (Å²) in [7, 11) is -2.39. The van der Waals surface area contributed by atoms with E-state index in [4.69, 9.17) is 18.9 Å². The summed E-state index contributed by atoms with van der Waals surface area (Å²) in [6.45, 7) is 11.5. The molecule has 2 heterocycles. The number of fused-ring (bicyclic) bond motifs is 1. The number of hydrogen-bond donors (Lipinski definition) is 1. The molecule has 3 atom stereocenters. The molecule has 1 N–H and O–H groups in total. The fourth-order valence-electron chi connectivity index (χ4n) is 5.99. The Labute approximate surface area is 347 Å². The number of ether oxygens (including phenoxy) is 4. The van der Waals surface area contributed by atoms with Crippen molar-refractivity contribution in [3.63, 3.8) is 0 Å². The largest absolute Gasteiger partial charge is 0.495 e. The Morgan fingerprint density at radius 3 is 2.13 bits per heavy atom. The van der Waals surface area contributed by atoms with Crippen LogP contribution in [0.1, 0.15) is 65.5 Å². The van der Waals surface area contributed by atoms with Crippen LogP contribution in [0.5, 0.6) is 5.75 Å². The van der Waals surface area contributed by atoms with Gasteiger partial charge in [0.15, 0.2) is 15.5 Å². The molecule has 0 aliphatic rings. The lowest BCUT2D eigenvalue weighted by molar-refractivity contribution is -0.168. The molecule has 5 aromatic rings. The van der Waals surface area contributed by atoms with Crippen LogP contribution in [0.3, 0.4) is 0 Å². The number of amides is 2. The molecule has 0 radical (unpaired) electrons. The van der Waals surface area contributed by atoms with E-state index in [1.165, 1.54) is 48.9 Å². The maximum absolute atomic E-state index is 14.1. The van der Waals surface area contributed by atoms with E-state index in [9.17, 15) is 32.0 Å². The molecule has 0 saturated carbocycles. The van der Waals surface area contributed by atoms with Gasteiger partial charge in [0.2, 0.25) is 6.29 Å². The number of ketones is 1. The number of esters is 1. The van der Waals surface area contributed by atoms with Crippen LogP contribution < -0.4 is 15.0 Å². The van der Waals surface area contributed by atoms with Crippen molar-refractivity contribution in [2.24, 2.45) is 5.92 Å². The molecule has 60 heavy (non-hydrogen) atoms. The van der Waals surface area contributed by atoms with Gasteiger partial charge in [-0.2, -0.15) is 4.98 Å². The predicted octanol–water partition coefficient (Wildman–Crippen LogP) is 7.58. The number of alkyl carbamates (subject to hydrolysis) is 1. The molecule has 15 nitrogen and oxygen atoms in total. The molecular formula is C43H48FN5O10S. The number of sulfone groups is 1. The third-order valence-corrected chi connectivity index (χ3v) is 10.3. The number of rotatable bonds is 14. The number of benzene rings is 3. The summed E-state index contributed by atoms with van der Waals surface area (Å²) in [6.07, 6.45) is -0.552. The summed E-state index contributed by atoms with van der Waals surface area (Å²) >= 11 is 0. The highest BCUT2D eigenvalue weighted by atomic mass is 32.2. The maximum Gasteiger partial charge on any atom is 0.424 e. The van der Waals surface area contributed by atoms with Gasteiger partial charge in [-0.25, -0.2) is 36.6 Å². The minimum atomic E-state index is -3.68. The van der Waals surface area contributed by atoms with E-state index in [2.05, 4.69) is 15.4 Å². The van der Waals surface area contributed by atoms with Crippen molar-refractivity contribution in [1.29, 1.82) is 0 Å². The third kappa shape index (κ3) is 11.2. The van der Waals surface area contributed by atoms with Crippen LogP contribution in [-0.4, -0.2) is 78.3 Å². The van der Waals surface area contributed by atoms with Crippen molar-refractivity contribution in [2.75, 3.05) is 18.3 Å². The van der Waals surface area contributed by atoms with Gasteiger partial charge in [0.05, 0.1) is 17.7 Å². The lowest BCUT2D eigenvalue weighted by Crippen LogP contribution is -2.48. The molecule has 17 heteroatoms. The van der Waals surface area contributed by atoms with Gasteiger partial charge in [0.1, 0.15) is 29.0 Å². The molecule has 0 bridgehead atoms. The number of hydrogen-bond acceptors (Lipinski definition) is 12. The molecule has 0 aliphatic carbocycles. The Bertz CT molecular complexity index is 2480. The zero-order valence-corrected chi connectivity index (χ0v) is 35.6. The minimum absolute atomic E-state index is 0.00934. The molecule has 1 unspecified atom stereocenters. The van der Waals surface area contributed by atoms with Gasteiger partial charge in [-0.1, -0.05) is 57.2 Å². The standard InChI is InChI=1S/C43H48FN5O10S/c1-25(2)38(46-41(52)59-43(5,6)7)39(51)57-27(4)58-42(53)49(34-20-19-33(60(9,54)55)23-36(34)56-8)40-45-37-21-16-31(24-48(37)47-40)30-12-10-28(11-13-30)22-35(50)26(3)29-14-17-32(44)18-15-29/h10-21,23-27,38H,22H2,1-9H3,(H,46,52)/t26-,27?,38+/m1/s1. The second-order valence-electron chi connectivity index (χ2n) is 15.4. The van der Waals surface area contributed by atoms with Crippen LogP contribution in [0.15, 0.2) is 90.0 Å². The van der Waals surface area contributed by atoms with Crippen molar-refractivity contribution in [3.8, 4) is 16.9 Å².